The zero-order valence-electron chi connectivity index (χ0n) is 11.6. The van der Waals surface area contributed by atoms with Gasteiger partial charge in [0.05, 0.1) is 6.10 Å². The Bertz CT molecular complexity index is 521. The Morgan fingerprint density at radius 1 is 1.32 bits per heavy atom. The van der Waals surface area contributed by atoms with Crippen molar-refractivity contribution in [2.75, 3.05) is 0 Å². The summed E-state index contributed by atoms with van der Waals surface area (Å²) in [6.45, 7) is 3.99. The van der Waals surface area contributed by atoms with Crippen molar-refractivity contribution in [1.29, 1.82) is 0 Å². The lowest BCUT2D eigenvalue weighted by atomic mass is 9.64. The van der Waals surface area contributed by atoms with E-state index in [9.17, 15) is 9.90 Å². The zero-order chi connectivity index (χ0) is 13.6. The van der Waals surface area contributed by atoms with Crippen molar-refractivity contribution in [3.63, 3.8) is 0 Å². The summed E-state index contributed by atoms with van der Waals surface area (Å²) in [5.41, 5.74) is 3.24. The van der Waals surface area contributed by atoms with Crippen LogP contribution in [-0.2, 0) is 12.8 Å². The number of fused-ring (bicyclic) bond motifs is 1. The maximum atomic E-state index is 12.2. The molecule has 0 bridgehead atoms. The molecule has 0 saturated heterocycles. The maximum Gasteiger partial charge on any atom is 0.251 e. The van der Waals surface area contributed by atoms with Crippen LogP contribution in [0.1, 0.15) is 48.2 Å². The van der Waals surface area contributed by atoms with Crippen LogP contribution in [0, 0.1) is 5.41 Å². The van der Waals surface area contributed by atoms with Crippen molar-refractivity contribution >= 4 is 5.91 Å². The van der Waals surface area contributed by atoms with E-state index in [2.05, 4.69) is 11.4 Å². The molecular weight excluding hydrogens is 238 g/mol. The van der Waals surface area contributed by atoms with Gasteiger partial charge in [-0.1, -0.05) is 19.9 Å². The predicted molar refractivity (Wildman–Crippen MR) is 74.1 cm³/mol. The van der Waals surface area contributed by atoms with Gasteiger partial charge in [0.2, 0.25) is 0 Å². The highest BCUT2D eigenvalue weighted by atomic mass is 16.3. The number of amides is 1. The molecule has 102 valence electrons. The second-order valence-electron chi connectivity index (χ2n) is 6.44. The van der Waals surface area contributed by atoms with Crippen molar-refractivity contribution < 1.29 is 9.90 Å². The van der Waals surface area contributed by atoms with E-state index >= 15 is 0 Å². The summed E-state index contributed by atoms with van der Waals surface area (Å²) in [5, 5.41) is 12.8. The predicted octanol–water partition coefficient (Wildman–Crippen LogP) is 2.06. The molecule has 1 aromatic carbocycles. The molecule has 2 atom stereocenters. The number of aliphatic hydroxyl groups is 1. The maximum absolute atomic E-state index is 12.2. The van der Waals surface area contributed by atoms with Crippen LogP contribution in [0.2, 0.25) is 0 Å². The highest BCUT2D eigenvalue weighted by molar-refractivity contribution is 5.94. The first-order chi connectivity index (χ1) is 8.98. The normalized spacial score (nSPS) is 27.5. The molecule has 1 aromatic rings. The average Bonchev–Trinajstić information content (AvgIpc) is 2.85. The third-order valence-electron chi connectivity index (χ3n) is 4.88. The molecule has 0 radical (unpaired) electrons. The van der Waals surface area contributed by atoms with Crippen molar-refractivity contribution in [1.82, 2.24) is 5.32 Å². The summed E-state index contributed by atoms with van der Waals surface area (Å²) in [6.07, 6.45) is 3.77. The second kappa shape index (κ2) is 4.34. The molecule has 1 fully saturated rings. The van der Waals surface area contributed by atoms with Gasteiger partial charge in [0.1, 0.15) is 0 Å². The van der Waals surface area contributed by atoms with Gasteiger partial charge in [-0.3, -0.25) is 4.79 Å². The average molecular weight is 259 g/mol. The minimum absolute atomic E-state index is 0.0142. The van der Waals surface area contributed by atoms with E-state index < -0.39 is 0 Å². The fourth-order valence-corrected chi connectivity index (χ4v) is 3.10. The van der Waals surface area contributed by atoms with Crippen molar-refractivity contribution in [2.45, 2.75) is 51.7 Å². The molecule has 19 heavy (non-hydrogen) atoms. The smallest absolute Gasteiger partial charge is 0.251 e. The first-order valence-corrected chi connectivity index (χ1v) is 7.09. The molecule has 0 heterocycles. The van der Waals surface area contributed by atoms with Gasteiger partial charge in [0, 0.05) is 17.0 Å². The largest absolute Gasteiger partial charge is 0.392 e. The molecule has 2 aliphatic carbocycles. The van der Waals surface area contributed by atoms with Crippen molar-refractivity contribution in [3.05, 3.63) is 34.9 Å². The summed E-state index contributed by atoms with van der Waals surface area (Å²) in [4.78, 5) is 12.2. The molecular formula is C16H21NO2. The molecule has 3 nitrogen and oxygen atoms in total. The highest BCUT2D eigenvalue weighted by Gasteiger charge is 2.47. The Labute approximate surface area is 114 Å². The van der Waals surface area contributed by atoms with Crippen LogP contribution in [0.5, 0.6) is 0 Å². The minimum Gasteiger partial charge on any atom is -0.392 e. The fraction of sp³-hybridized carbons (Fsp3) is 0.562. The number of hydrogen-bond acceptors (Lipinski definition) is 2. The van der Waals surface area contributed by atoms with Gasteiger partial charge < -0.3 is 10.4 Å². The summed E-state index contributed by atoms with van der Waals surface area (Å²) in [6, 6.07) is 6.10. The third-order valence-corrected chi connectivity index (χ3v) is 4.88. The van der Waals surface area contributed by atoms with Gasteiger partial charge >= 0.3 is 0 Å². The minimum atomic E-state index is -0.308. The molecule has 0 aliphatic heterocycles. The number of nitrogens with one attached hydrogen (secondary N) is 1. The zero-order valence-corrected chi connectivity index (χ0v) is 11.6. The van der Waals surface area contributed by atoms with Gasteiger partial charge in [-0.2, -0.15) is 0 Å². The molecule has 0 aromatic heterocycles. The lowest BCUT2D eigenvalue weighted by Gasteiger charge is -2.49. The van der Waals surface area contributed by atoms with Crippen LogP contribution in [0.15, 0.2) is 18.2 Å². The molecule has 2 unspecified atom stereocenters. The van der Waals surface area contributed by atoms with Gasteiger partial charge in [-0.05, 0) is 48.9 Å². The Hall–Kier alpha value is -1.35. The first-order valence-electron chi connectivity index (χ1n) is 7.09. The van der Waals surface area contributed by atoms with Crippen LogP contribution in [0.25, 0.3) is 0 Å². The van der Waals surface area contributed by atoms with Crippen LogP contribution in [-0.4, -0.2) is 23.2 Å². The number of carbonyl (C=O) groups is 1. The Morgan fingerprint density at radius 2 is 2.05 bits per heavy atom. The van der Waals surface area contributed by atoms with E-state index in [0.29, 0.717) is 6.42 Å². The third kappa shape index (κ3) is 2.06. The van der Waals surface area contributed by atoms with Crippen LogP contribution in [0.3, 0.4) is 0 Å². The van der Waals surface area contributed by atoms with E-state index in [-0.39, 0.29) is 23.5 Å². The molecule has 2 N–H and O–H groups in total. The standard InChI is InChI=1S/C16H21NO2/c1-16(2)13(9-14(16)18)17-15(19)12-7-6-10-4-3-5-11(10)8-12/h6-8,13-14,18H,3-5,9H2,1-2H3,(H,17,19). The Balaban J connectivity index is 1.71. The van der Waals surface area contributed by atoms with E-state index in [1.165, 1.54) is 17.5 Å². The number of carbonyl (C=O) groups excluding carboxylic acids is 1. The first kappa shape index (κ1) is 12.7. The van der Waals surface area contributed by atoms with Crippen molar-refractivity contribution in [3.8, 4) is 0 Å². The molecule has 3 rings (SSSR count). The van der Waals surface area contributed by atoms with Crippen molar-refractivity contribution in [2.24, 2.45) is 5.41 Å². The molecule has 3 heteroatoms. The van der Waals surface area contributed by atoms with Crippen LogP contribution >= 0.6 is 0 Å². The van der Waals surface area contributed by atoms with Gasteiger partial charge in [-0.25, -0.2) is 0 Å². The summed E-state index contributed by atoms with van der Waals surface area (Å²) in [5.74, 6) is -0.0142. The number of rotatable bonds is 2. The molecule has 1 saturated carbocycles. The second-order valence-corrected chi connectivity index (χ2v) is 6.44. The summed E-state index contributed by atoms with van der Waals surface area (Å²) >= 11 is 0. The Morgan fingerprint density at radius 3 is 2.74 bits per heavy atom. The lowest BCUT2D eigenvalue weighted by Crippen LogP contribution is -2.61. The van der Waals surface area contributed by atoms with Gasteiger partial charge in [-0.15, -0.1) is 0 Å². The lowest BCUT2D eigenvalue weighted by molar-refractivity contribution is -0.0689. The van der Waals surface area contributed by atoms with E-state index in [4.69, 9.17) is 0 Å². The van der Waals surface area contributed by atoms with Crippen LogP contribution < -0.4 is 5.32 Å². The quantitative estimate of drug-likeness (QED) is 0.854. The van der Waals surface area contributed by atoms with Crippen LogP contribution in [0.4, 0.5) is 0 Å². The fourth-order valence-electron chi connectivity index (χ4n) is 3.10. The SMILES string of the molecule is CC1(C)C(O)CC1NC(=O)c1ccc2c(c1)CCC2. The molecule has 1 amide bonds. The number of hydrogen-bond donors (Lipinski definition) is 2. The van der Waals surface area contributed by atoms with E-state index in [1.807, 2.05) is 26.0 Å². The molecule has 2 aliphatic rings. The monoisotopic (exact) mass is 259 g/mol. The highest BCUT2D eigenvalue weighted by Crippen LogP contribution is 2.40. The van der Waals surface area contributed by atoms with E-state index in [1.54, 1.807) is 0 Å². The summed E-state index contributed by atoms with van der Waals surface area (Å²) in [7, 11) is 0. The van der Waals surface area contributed by atoms with Gasteiger partial charge in [0.15, 0.2) is 0 Å². The Kier molecular flexibility index (Phi) is 2.90. The number of aliphatic hydroxyl groups excluding tert-OH is 1. The summed E-state index contributed by atoms with van der Waals surface area (Å²) < 4.78 is 0. The van der Waals surface area contributed by atoms with Gasteiger partial charge in [0.25, 0.3) is 5.91 Å². The number of benzene rings is 1. The van der Waals surface area contributed by atoms with E-state index in [0.717, 1.165) is 18.4 Å². The number of aryl methyl sites for hydroxylation is 2. The topological polar surface area (TPSA) is 49.3 Å². The molecule has 0 spiro atoms.